The Hall–Kier alpha value is -6.67. The summed E-state index contributed by atoms with van der Waals surface area (Å²) in [5, 5.41) is 18.0. The molecule has 21 nitrogen and oxygen atoms in total. The predicted octanol–water partition coefficient (Wildman–Crippen LogP) is 2.19. The fraction of sp³-hybridized carbons (Fsp3) is 0.620. The van der Waals surface area contributed by atoms with Crippen molar-refractivity contribution in [2.75, 3.05) is 6.54 Å². The lowest BCUT2D eigenvalue weighted by Crippen LogP contribution is -2.62. The molecule has 0 bridgehead atoms. The number of nitrogens with zero attached hydrogens (tertiary/aromatic N) is 1. The van der Waals surface area contributed by atoms with Crippen LogP contribution in [0.5, 0.6) is 0 Å². The van der Waals surface area contributed by atoms with E-state index in [-0.39, 0.29) is 45.2 Å². The third-order valence-electron chi connectivity index (χ3n) is 10.8. The van der Waals surface area contributed by atoms with Crippen LogP contribution in [0.3, 0.4) is 0 Å². The maximum Gasteiger partial charge on any atom is 0.319 e. The minimum Gasteiger partial charge on any atom is -0.460 e. The van der Waals surface area contributed by atoms with E-state index in [4.69, 9.17) is 9.47 Å². The number of carbonyl (C=O) groups excluding carboxylic acids is 11. The van der Waals surface area contributed by atoms with E-state index >= 15 is 0 Å². The normalized spacial score (nSPS) is 16.8. The molecule has 8 amide bonds. The van der Waals surface area contributed by atoms with Gasteiger partial charge in [0.2, 0.25) is 35.3 Å². The van der Waals surface area contributed by atoms with Crippen molar-refractivity contribution in [2.24, 2.45) is 11.8 Å². The molecule has 1 aromatic rings. The second-order valence-electron chi connectivity index (χ2n) is 20.1. The van der Waals surface area contributed by atoms with Crippen molar-refractivity contribution >= 4 is 65.0 Å². The van der Waals surface area contributed by atoms with Crippen LogP contribution in [0.4, 0.5) is 4.79 Å². The Morgan fingerprint density at radius 3 is 1.69 bits per heavy atom. The van der Waals surface area contributed by atoms with Crippen LogP contribution in [-0.2, 0) is 64.0 Å². The Morgan fingerprint density at radius 1 is 0.704 bits per heavy atom. The first-order chi connectivity index (χ1) is 33.0. The maximum atomic E-state index is 14.7. The molecule has 0 saturated carbocycles. The summed E-state index contributed by atoms with van der Waals surface area (Å²) in [6, 6.07) is -2.21. The molecule has 0 spiro atoms. The molecule has 1 aromatic carbocycles. The molecular weight excluding hydrogens is 921 g/mol. The maximum absolute atomic E-state index is 14.7. The molecule has 0 radical (unpaired) electrons. The molecule has 21 heteroatoms. The van der Waals surface area contributed by atoms with Crippen molar-refractivity contribution in [1.82, 2.24) is 42.1 Å². The number of benzene rings is 1. The van der Waals surface area contributed by atoms with E-state index in [0.717, 1.165) is 11.8 Å². The highest BCUT2D eigenvalue weighted by molar-refractivity contribution is 6.38. The molecule has 394 valence electrons. The number of ether oxygens (including phenoxy) is 2. The smallest absolute Gasteiger partial charge is 0.319 e. The second-order valence-corrected chi connectivity index (χ2v) is 20.1. The molecule has 0 aromatic heterocycles. The average Bonchev–Trinajstić information content (AvgIpc) is 3.59. The topological polar surface area (TPSA) is 294 Å². The van der Waals surface area contributed by atoms with Crippen LogP contribution < -0.4 is 37.2 Å². The molecular formula is C50H76N8O13. The number of nitrogens with one attached hydrogen (secondary N) is 7. The first-order valence-electron chi connectivity index (χ1n) is 24.0. The van der Waals surface area contributed by atoms with Crippen molar-refractivity contribution in [3.05, 3.63) is 48.6 Å². The van der Waals surface area contributed by atoms with E-state index in [1.807, 2.05) is 0 Å². The molecule has 7 atom stereocenters. The average molecular weight is 997 g/mol. The van der Waals surface area contributed by atoms with Crippen LogP contribution in [-0.4, -0.2) is 130 Å². The number of hydrogen-bond acceptors (Lipinski definition) is 13. The number of Topliss-reactive ketones (excluding diaryl/α,β-unsaturated/α-hetero) is 2. The van der Waals surface area contributed by atoms with E-state index in [9.17, 15) is 52.7 Å². The van der Waals surface area contributed by atoms with E-state index in [1.165, 1.54) is 6.08 Å². The Kier molecular flexibility index (Phi) is 23.5. The summed E-state index contributed by atoms with van der Waals surface area (Å²) >= 11 is 0. The van der Waals surface area contributed by atoms with Gasteiger partial charge >= 0.3 is 18.0 Å². The number of amides is 8. The van der Waals surface area contributed by atoms with Gasteiger partial charge in [0.25, 0.3) is 5.91 Å². The van der Waals surface area contributed by atoms with Gasteiger partial charge in [0.15, 0.2) is 5.78 Å². The van der Waals surface area contributed by atoms with Crippen LogP contribution in [0, 0.1) is 11.8 Å². The fourth-order valence-corrected chi connectivity index (χ4v) is 7.45. The SMILES string of the molecule is C=CCNC(=O)C(=O)C(CCC)NC(=O)[C@H]1C(C(=O)[C@@H](NC(=O)[C@@H](NC(=O)[C@H](CCC(=O)OC(C)(C)C)NC(=O)[C@H](CCC(=O)OC(C)(C)C)NC(C)=O)C(C)C)C(C)C)NC(=O)N1Cc1ccccc1. The minimum atomic E-state index is -1.59. The summed E-state index contributed by atoms with van der Waals surface area (Å²) in [5.74, 6) is -9.51. The largest absolute Gasteiger partial charge is 0.460 e. The molecule has 7 N–H and O–H groups in total. The first-order valence-corrected chi connectivity index (χ1v) is 24.0. The summed E-state index contributed by atoms with van der Waals surface area (Å²) in [6.07, 6.45) is 0.651. The second kappa shape index (κ2) is 27.7. The Morgan fingerprint density at radius 2 is 1.21 bits per heavy atom. The minimum absolute atomic E-state index is 0.00613. The van der Waals surface area contributed by atoms with Gasteiger partial charge in [-0.25, -0.2) is 4.79 Å². The number of esters is 2. The molecule has 1 heterocycles. The highest BCUT2D eigenvalue weighted by atomic mass is 16.6. The van der Waals surface area contributed by atoms with Gasteiger partial charge in [0, 0.05) is 32.9 Å². The highest BCUT2D eigenvalue weighted by Gasteiger charge is 2.50. The van der Waals surface area contributed by atoms with Gasteiger partial charge in [0.1, 0.15) is 41.4 Å². The zero-order chi connectivity index (χ0) is 54.0. The predicted molar refractivity (Wildman–Crippen MR) is 261 cm³/mol. The molecule has 2 rings (SSSR count). The van der Waals surface area contributed by atoms with Crippen molar-refractivity contribution in [3.8, 4) is 0 Å². The van der Waals surface area contributed by atoms with Crippen molar-refractivity contribution in [1.29, 1.82) is 0 Å². The van der Waals surface area contributed by atoms with Gasteiger partial charge in [-0.2, -0.15) is 0 Å². The lowest BCUT2D eigenvalue weighted by atomic mass is 9.90. The van der Waals surface area contributed by atoms with Crippen LogP contribution in [0.25, 0.3) is 0 Å². The molecule has 1 saturated heterocycles. The highest BCUT2D eigenvalue weighted by Crippen LogP contribution is 2.23. The van der Waals surface area contributed by atoms with E-state index in [0.29, 0.717) is 12.0 Å². The summed E-state index contributed by atoms with van der Waals surface area (Å²) < 4.78 is 10.8. The number of urea groups is 1. The van der Waals surface area contributed by atoms with Crippen LogP contribution in [0.2, 0.25) is 0 Å². The Balaban J connectivity index is 2.51. The van der Waals surface area contributed by atoms with Gasteiger partial charge in [-0.3, -0.25) is 47.9 Å². The zero-order valence-corrected chi connectivity index (χ0v) is 43.3. The van der Waals surface area contributed by atoms with Gasteiger partial charge in [-0.1, -0.05) is 77.4 Å². The molecule has 2 unspecified atom stereocenters. The molecule has 1 aliphatic heterocycles. The number of ketones is 2. The third-order valence-corrected chi connectivity index (χ3v) is 10.8. The van der Waals surface area contributed by atoms with E-state index < -0.39 is 130 Å². The lowest BCUT2D eigenvalue weighted by molar-refractivity contribution is -0.156. The lowest BCUT2D eigenvalue weighted by Gasteiger charge is -2.31. The number of rotatable bonds is 27. The summed E-state index contributed by atoms with van der Waals surface area (Å²) in [5.41, 5.74) is -1.10. The first kappa shape index (κ1) is 60.5. The van der Waals surface area contributed by atoms with Gasteiger partial charge in [0.05, 0.1) is 12.1 Å². The molecule has 71 heavy (non-hydrogen) atoms. The van der Waals surface area contributed by atoms with Gasteiger partial charge in [-0.15, -0.1) is 6.58 Å². The van der Waals surface area contributed by atoms with Crippen molar-refractivity contribution in [2.45, 2.75) is 182 Å². The molecule has 1 aliphatic rings. The van der Waals surface area contributed by atoms with E-state index in [2.05, 4.69) is 43.8 Å². The standard InChI is InChI=1S/C50H76N8O13/c1-14-19-32(41(62)47(68)51-26-15-2)53-46(67)40-39(57-48(69)58(40)27-31-20-17-16-18-21-31)42(63)37(28(3)4)55-45(66)38(29(5)6)56-44(65)34(23-25-36(61)71-50(11,12)13)54-43(64)33(52-30(7)59)22-24-35(60)70-49(8,9)10/h15-18,20-21,28-29,32-34,37-40H,2,14,19,22-27H2,1,3-13H3,(H,51,68)(H,52,59)(H,53,67)(H,54,64)(H,55,66)(H,56,65)(H,57,69)/t32?,33-,34-,37-,38-,39?,40+/m0/s1. The van der Waals surface area contributed by atoms with Crippen LogP contribution in [0.1, 0.15) is 127 Å². The van der Waals surface area contributed by atoms with Crippen molar-refractivity contribution < 1.29 is 62.2 Å². The molecule has 1 fully saturated rings. The number of hydrogen-bond donors (Lipinski definition) is 7. The van der Waals surface area contributed by atoms with Gasteiger partial charge < -0.3 is 51.6 Å². The zero-order valence-electron chi connectivity index (χ0n) is 43.3. The van der Waals surface area contributed by atoms with E-state index in [1.54, 1.807) is 106 Å². The Labute approximate surface area is 416 Å². The van der Waals surface area contributed by atoms with Crippen LogP contribution in [0.15, 0.2) is 43.0 Å². The number of carbonyl (C=O) groups is 11. The summed E-state index contributed by atoms with van der Waals surface area (Å²) in [7, 11) is 0. The van der Waals surface area contributed by atoms with Crippen molar-refractivity contribution in [3.63, 3.8) is 0 Å². The summed E-state index contributed by atoms with van der Waals surface area (Å²) in [4.78, 5) is 150. The molecule has 0 aliphatic carbocycles. The monoisotopic (exact) mass is 997 g/mol. The Bertz CT molecular complexity index is 2100. The fourth-order valence-electron chi connectivity index (χ4n) is 7.45. The third kappa shape index (κ3) is 20.3. The van der Waals surface area contributed by atoms with Gasteiger partial charge in [-0.05, 0) is 78.2 Å². The quantitative estimate of drug-likeness (QED) is 0.0379. The van der Waals surface area contributed by atoms with Crippen LogP contribution >= 0.6 is 0 Å². The summed E-state index contributed by atoms with van der Waals surface area (Å²) in [6.45, 7) is 22.7.